The number of ether oxygens (including phenoxy) is 1. The van der Waals surface area contributed by atoms with Gasteiger partial charge in [0.2, 0.25) is 5.95 Å². The van der Waals surface area contributed by atoms with Gasteiger partial charge in [0.1, 0.15) is 27.6 Å². The number of nitrogens with zero attached hydrogens (tertiary/aromatic N) is 5. The molecule has 1 unspecified atom stereocenters. The summed E-state index contributed by atoms with van der Waals surface area (Å²) in [6.07, 6.45) is 1.51. The van der Waals surface area contributed by atoms with Gasteiger partial charge in [-0.2, -0.15) is 4.98 Å². The third-order valence-electron chi connectivity index (χ3n) is 5.87. The Morgan fingerprint density at radius 3 is 2.79 bits per heavy atom. The summed E-state index contributed by atoms with van der Waals surface area (Å²) in [7, 11) is 0. The Kier molecular flexibility index (Phi) is 6.66. The second kappa shape index (κ2) is 10.00. The normalized spacial score (nSPS) is 18.7. The van der Waals surface area contributed by atoms with Crippen molar-refractivity contribution in [3.8, 4) is 0 Å². The highest BCUT2D eigenvalue weighted by Crippen LogP contribution is 2.27. The van der Waals surface area contributed by atoms with Crippen molar-refractivity contribution in [1.29, 1.82) is 0 Å². The number of hydrogen-bond acceptors (Lipinski definition) is 9. The Morgan fingerprint density at radius 1 is 1.21 bits per heavy atom. The standard InChI is InChI=1S/C23H26FN7O2S/c1-15-20(34-22(27-15)18-14-25-7-12-33-18)21(32)29-23-26-6-5-19(28-23)31-10-8-30(9-11-31)17-4-2-3-16(24)13-17/h2-6,13,18,25H,7-12,14H2,1H3,(H,26,28,29,32). The smallest absolute Gasteiger partial charge is 0.270 e. The third-order valence-corrected chi connectivity index (χ3v) is 7.11. The van der Waals surface area contributed by atoms with Crippen LogP contribution in [0.25, 0.3) is 0 Å². The van der Waals surface area contributed by atoms with Crippen molar-refractivity contribution in [3.63, 3.8) is 0 Å². The number of benzene rings is 1. The molecule has 34 heavy (non-hydrogen) atoms. The lowest BCUT2D eigenvalue weighted by atomic mass is 10.2. The van der Waals surface area contributed by atoms with Crippen LogP contribution in [-0.4, -0.2) is 66.7 Å². The van der Waals surface area contributed by atoms with Crippen LogP contribution in [0, 0.1) is 12.7 Å². The molecule has 2 N–H and O–H groups in total. The van der Waals surface area contributed by atoms with Gasteiger partial charge in [-0.1, -0.05) is 6.07 Å². The first-order valence-corrected chi connectivity index (χ1v) is 12.1. The van der Waals surface area contributed by atoms with Gasteiger partial charge in [-0.15, -0.1) is 11.3 Å². The number of carbonyl (C=O) groups is 1. The number of anilines is 3. The molecule has 0 bridgehead atoms. The maximum Gasteiger partial charge on any atom is 0.270 e. The fourth-order valence-electron chi connectivity index (χ4n) is 4.10. The third kappa shape index (κ3) is 5.01. The molecule has 2 saturated heterocycles. The van der Waals surface area contributed by atoms with Crippen molar-refractivity contribution < 1.29 is 13.9 Å². The second-order valence-electron chi connectivity index (χ2n) is 8.18. The molecular formula is C23H26FN7O2S. The highest BCUT2D eigenvalue weighted by Gasteiger charge is 2.24. The maximum absolute atomic E-state index is 13.6. The minimum absolute atomic E-state index is 0.135. The molecule has 2 aliphatic heterocycles. The number of aromatic nitrogens is 3. The summed E-state index contributed by atoms with van der Waals surface area (Å²) in [6.45, 7) is 6.91. The lowest BCUT2D eigenvalue weighted by molar-refractivity contribution is 0.0275. The molecule has 2 aliphatic rings. The fourth-order valence-corrected chi connectivity index (χ4v) is 5.11. The summed E-state index contributed by atoms with van der Waals surface area (Å²) in [4.78, 5) is 31.1. The highest BCUT2D eigenvalue weighted by atomic mass is 32.1. The zero-order valence-electron chi connectivity index (χ0n) is 18.8. The Bertz CT molecular complexity index is 1160. The van der Waals surface area contributed by atoms with Gasteiger partial charge in [0, 0.05) is 51.2 Å². The Labute approximate surface area is 201 Å². The molecule has 9 nitrogen and oxygen atoms in total. The van der Waals surface area contributed by atoms with Crippen LogP contribution in [0.2, 0.25) is 0 Å². The van der Waals surface area contributed by atoms with E-state index in [0.29, 0.717) is 23.7 Å². The van der Waals surface area contributed by atoms with E-state index < -0.39 is 0 Å². The predicted molar refractivity (Wildman–Crippen MR) is 129 cm³/mol. The number of amides is 1. The molecule has 2 fully saturated rings. The molecule has 3 aromatic rings. The van der Waals surface area contributed by atoms with E-state index in [-0.39, 0.29) is 23.8 Å². The van der Waals surface area contributed by atoms with Crippen LogP contribution >= 0.6 is 11.3 Å². The molecule has 5 rings (SSSR count). The monoisotopic (exact) mass is 483 g/mol. The zero-order valence-corrected chi connectivity index (χ0v) is 19.6. The number of aryl methyl sites for hydroxylation is 1. The molecule has 0 radical (unpaired) electrons. The van der Waals surface area contributed by atoms with Crippen molar-refractivity contribution in [3.05, 3.63) is 57.9 Å². The Morgan fingerprint density at radius 2 is 2.03 bits per heavy atom. The first-order valence-electron chi connectivity index (χ1n) is 11.3. The SMILES string of the molecule is Cc1nc(C2CNCCO2)sc1C(=O)Nc1nccc(N2CCN(c3cccc(F)c3)CC2)n1. The molecule has 0 saturated carbocycles. The lowest BCUT2D eigenvalue weighted by Gasteiger charge is -2.36. The summed E-state index contributed by atoms with van der Waals surface area (Å²) < 4.78 is 19.3. The molecule has 0 aliphatic carbocycles. The zero-order chi connectivity index (χ0) is 23.5. The van der Waals surface area contributed by atoms with Gasteiger partial charge >= 0.3 is 0 Å². The van der Waals surface area contributed by atoms with Crippen LogP contribution < -0.4 is 20.4 Å². The average Bonchev–Trinajstić information content (AvgIpc) is 3.27. The van der Waals surface area contributed by atoms with Gasteiger partial charge < -0.3 is 19.9 Å². The van der Waals surface area contributed by atoms with Crippen molar-refractivity contribution in [2.24, 2.45) is 0 Å². The number of rotatable bonds is 5. The van der Waals surface area contributed by atoms with E-state index >= 15 is 0 Å². The van der Waals surface area contributed by atoms with Crippen LogP contribution in [0.3, 0.4) is 0 Å². The molecule has 4 heterocycles. The first-order chi connectivity index (χ1) is 16.6. The van der Waals surface area contributed by atoms with Gasteiger partial charge in [-0.05, 0) is 31.2 Å². The molecule has 1 aromatic carbocycles. The van der Waals surface area contributed by atoms with Gasteiger partial charge in [-0.3, -0.25) is 10.1 Å². The number of hydrogen-bond donors (Lipinski definition) is 2. The maximum atomic E-state index is 13.6. The molecule has 11 heteroatoms. The van der Waals surface area contributed by atoms with E-state index in [9.17, 15) is 9.18 Å². The molecule has 2 aromatic heterocycles. The van der Waals surface area contributed by atoms with Gasteiger partial charge in [0.05, 0.1) is 12.3 Å². The van der Waals surface area contributed by atoms with Gasteiger partial charge in [0.25, 0.3) is 5.91 Å². The van der Waals surface area contributed by atoms with Gasteiger partial charge in [0.15, 0.2) is 0 Å². The van der Waals surface area contributed by atoms with Crippen molar-refractivity contribution in [2.45, 2.75) is 13.0 Å². The van der Waals surface area contributed by atoms with E-state index in [1.165, 1.54) is 17.4 Å². The minimum Gasteiger partial charge on any atom is -0.368 e. The molecule has 1 amide bonds. The highest BCUT2D eigenvalue weighted by molar-refractivity contribution is 7.14. The fraction of sp³-hybridized carbons (Fsp3) is 0.391. The molecular weight excluding hydrogens is 457 g/mol. The summed E-state index contributed by atoms with van der Waals surface area (Å²) >= 11 is 1.34. The molecule has 1 atom stereocenters. The van der Waals surface area contributed by atoms with Crippen LogP contribution in [0.4, 0.5) is 21.8 Å². The van der Waals surface area contributed by atoms with E-state index in [1.807, 2.05) is 19.1 Å². The second-order valence-corrected chi connectivity index (χ2v) is 9.21. The molecule has 178 valence electrons. The van der Waals surface area contributed by atoms with E-state index in [2.05, 4.69) is 35.4 Å². The number of carbonyl (C=O) groups excluding carboxylic acids is 1. The number of halogens is 1. The quantitative estimate of drug-likeness (QED) is 0.572. The number of thiazole rings is 1. The van der Waals surface area contributed by atoms with E-state index in [4.69, 9.17) is 4.74 Å². The topological polar surface area (TPSA) is 95.5 Å². The largest absolute Gasteiger partial charge is 0.368 e. The lowest BCUT2D eigenvalue weighted by Crippen LogP contribution is -2.46. The van der Waals surface area contributed by atoms with Crippen LogP contribution in [0.15, 0.2) is 36.5 Å². The van der Waals surface area contributed by atoms with Crippen LogP contribution in [0.1, 0.15) is 26.5 Å². The number of piperazine rings is 1. The van der Waals surface area contributed by atoms with E-state index in [1.54, 1.807) is 18.3 Å². The van der Waals surface area contributed by atoms with Crippen molar-refractivity contribution in [1.82, 2.24) is 20.3 Å². The predicted octanol–water partition coefficient (Wildman–Crippen LogP) is 2.62. The van der Waals surface area contributed by atoms with Crippen LogP contribution in [-0.2, 0) is 4.74 Å². The van der Waals surface area contributed by atoms with Crippen molar-refractivity contribution >= 4 is 34.7 Å². The summed E-state index contributed by atoms with van der Waals surface area (Å²) in [5.74, 6) is 0.480. The average molecular weight is 484 g/mol. The Hall–Kier alpha value is -3.15. The van der Waals surface area contributed by atoms with Gasteiger partial charge in [-0.25, -0.2) is 14.4 Å². The first kappa shape index (κ1) is 22.6. The minimum atomic E-state index is -0.280. The summed E-state index contributed by atoms with van der Waals surface area (Å²) in [5.41, 5.74) is 1.54. The summed E-state index contributed by atoms with van der Waals surface area (Å²) in [6, 6.07) is 8.48. The molecule has 0 spiro atoms. The number of morpholine rings is 1. The Balaban J connectivity index is 1.22. The van der Waals surface area contributed by atoms with Crippen LogP contribution in [0.5, 0.6) is 0 Å². The van der Waals surface area contributed by atoms with Crippen molar-refractivity contribution in [2.75, 3.05) is 61.0 Å². The van der Waals surface area contributed by atoms with E-state index in [0.717, 1.165) is 49.2 Å². The summed E-state index contributed by atoms with van der Waals surface area (Å²) in [5, 5.41) is 6.88. The number of nitrogens with one attached hydrogen (secondary N) is 2.